The summed E-state index contributed by atoms with van der Waals surface area (Å²) in [7, 11) is 0. The van der Waals surface area contributed by atoms with Crippen molar-refractivity contribution in [2.45, 2.75) is 33.6 Å². The predicted molar refractivity (Wildman–Crippen MR) is 62.2 cm³/mol. The number of piperidine rings is 1. The van der Waals surface area contributed by atoms with E-state index in [9.17, 15) is 4.79 Å². The predicted octanol–water partition coefficient (Wildman–Crippen LogP) is 1.98. The van der Waals surface area contributed by atoms with Gasteiger partial charge in [0, 0.05) is 18.8 Å². The van der Waals surface area contributed by atoms with E-state index in [1.807, 2.05) is 11.8 Å². The van der Waals surface area contributed by atoms with Gasteiger partial charge in [-0.05, 0) is 25.2 Å². The lowest BCUT2D eigenvalue weighted by molar-refractivity contribution is 0.0583. The van der Waals surface area contributed by atoms with Gasteiger partial charge in [0.25, 0.3) is 5.91 Å². The number of aryl methyl sites for hydroxylation is 1. The minimum absolute atomic E-state index is 0.110. The zero-order valence-corrected chi connectivity index (χ0v) is 10.2. The van der Waals surface area contributed by atoms with E-state index < -0.39 is 0 Å². The van der Waals surface area contributed by atoms with Crippen LogP contribution >= 0.6 is 0 Å². The third-order valence-corrected chi connectivity index (χ3v) is 3.25. The fraction of sp³-hybridized carbons (Fsp3) is 0.667. The zero-order valence-electron chi connectivity index (χ0n) is 10.2. The number of aromatic amines is 1. The number of carbonyl (C=O) groups is 1. The van der Waals surface area contributed by atoms with Crippen molar-refractivity contribution in [1.29, 1.82) is 0 Å². The first kappa shape index (κ1) is 11.2. The van der Waals surface area contributed by atoms with Gasteiger partial charge in [-0.1, -0.05) is 13.8 Å². The Kier molecular flexibility index (Phi) is 2.74. The molecule has 0 atom stereocenters. The zero-order chi connectivity index (χ0) is 11.8. The number of nitrogens with zero attached hydrogens (tertiary/aromatic N) is 2. The second-order valence-corrected chi connectivity index (χ2v) is 5.40. The molecule has 1 fully saturated rings. The molecule has 1 aliphatic heterocycles. The number of carbonyl (C=O) groups excluding carboxylic acids is 1. The van der Waals surface area contributed by atoms with Gasteiger partial charge in [0.15, 0.2) is 0 Å². The van der Waals surface area contributed by atoms with Gasteiger partial charge in [-0.3, -0.25) is 9.89 Å². The molecule has 0 spiro atoms. The van der Waals surface area contributed by atoms with Crippen molar-refractivity contribution in [3.8, 4) is 0 Å². The molecule has 1 N–H and O–H groups in total. The Bertz CT molecular complexity index is 395. The monoisotopic (exact) mass is 221 g/mol. The number of nitrogens with one attached hydrogen (secondary N) is 1. The molecule has 2 heterocycles. The van der Waals surface area contributed by atoms with Crippen LogP contribution in [-0.2, 0) is 0 Å². The Labute approximate surface area is 96.0 Å². The molecule has 1 aromatic heterocycles. The standard InChI is InChI=1S/C12H19N3O/c1-9-10(7-13-14-9)11(16)15-6-4-5-12(2,3)8-15/h7H,4-6,8H2,1-3H3,(H,13,14). The molecule has 0 unspecified atom stereocenters. The Morgan fingerprint density at radius 3 is 2.88 bits per heavy atom. The molecule has 88 valence electrons. The Balaban J connectivity index is 2.14. The fourth-order valence-electron chi connectivity index (χ4n) is 2.33. The number of amides is 1. The van der Waals surface area contributed by atoms with E-state index in [0.29, 0.717) is 5.56 Å². The van der Waals surface area contributed by atoms with Crippen LogP contribution in [0, 0.1) is 12.3 Å². The van der Waals surface area contributed by atoms with Crippen molar-refractivity contribution in [3.05, 3.63) is 17.5 Å². The van der Waals surface area contributed by atoms with Gasteiger partial charge in [0.2, 0.25) is 0 Å². The number of likely N-dealkylation sites (tertiary alicyclic amines) is 1. The van der Waals surface area contributed by atoms with Gasteiger partial charge in [-0.25, -0.2) is 0 Å². The third kappa shape index (κ3) is 2.10. The molecule has 1 aliphatic rings. The normalized spacial score (nSPS) is 19.8. The number of hydrogen-bond acceptors (Lipinski definition) is 2. The van der Waals surface area contributed by atoms with Crippen molar-refractivity contribution < 1.29 is 4.79 Å². The van der Waals surface area contributed by atoms with Crippen LogP contribution < -0.4 is 0 Å². The van der Waals surface area contributed by atoms with Crippen LogP contribution in [0.25, 0.3) is 0 Å². The molecule has 0 bridgehead atoms. The highest BCUT2D eigenvalue weighted by atomic mass is 16.2. The van der Waals surface area contributed by atoms with Crippen molar-refractivity contribution in [2.24, 2.45) is 5.41 Å². The lowest BCUT2D eigenvalue weighted by Gasteiger charge is -2.38. The topological polar surface area (TPSA) is 49.0 Å². The van der Waals surface area contributed by atoms with Gasteiger partial charge >= 0.3 is 0 Å². The molecule has 1 amide bonds. The van der Waals surface area contributed by atoms with Crippen LogP contribution in [0.2, 0.25) is 0 Å². The van der Waals surface area contributed by atoms with Crippen molar-refractivity contribution >= 4 is 5.91 Å². The molecule has 4 heteroatoms. The van der Waals surface area contributed by atoms with Crippen LogP contribution in [0.5, 0.6) is 0 Å². The van der Waals surface area contributed by atoms with Gasteiger partial charge in [0.1, 0.15) is 0 Å². The van der Waals surface area contributed by atoms with Crippen molar-refractivity contribution in [1.82, 2.24) is 15.1 Å². The van der Waals surface area contributed by atoms with Crippen LogP contribution in [0.4, 0.5) is 0 Å². The van der Waals surface area contributed by atoms with Crippen LogP contribution in [0.3, 0.4) is 0 Å². The molecule has 1 saturated heterocycles. The smallest absolute Gasteiger partial charge is 0.257 e. The first-order valence-electron chi connectivity index (χ1n) is 5.79. The van der Waals surface area contributed by atoms with Crippen molar-refractivity contribution in [3.63, 3.8) is 0 Å². The molecular formula is C12H19N3O. The van der Waals surface area contributed by atoms with Crippen molar-refractivity contribution in [2.75, 3.05) is 13.1 Å². The summed E-state index contributed by atoms with van der Waals surface area (Å²) in [6.45, 7) is 8.03. The van der Waals surface area contributed by atoms with Gasteiger partial charge < -0.3 is 4.90 Å². The average molecular weight is 221 g/mol. The minimum atomic E-state index is 0.110. The Morgan fingerprint density at radius 2 is 2.31 bits per heavy atom. The first-order valence-corrected chi connectivity index (χ1v) is 5.79. The van der Waals surface area contributed by atoms with E-state index in [4.69, 9.17) is 0 Å². The lowest BCUT2D eigenvalue weighted by atomic mass is 9.84. The van der Waals surface area contributed by atoms with Crippen LogP contribution in [0.1, 0.15) is 42.7 Å². The number of hydrogen-bond donors (Lipinski definition) is 1. The maximum absolute atomic E-state index is 12.2. The summed E-state index contributed by atoms with van der Waals surface area (Å²) in [5, 5.41) is 6.71. The summed E-state index contributed by atoms with van der Waals surface area (Å²) in [6, 6.07) is 0. The maximum Gasteiger partial charge on any atom is 0.257 e. The van der Waals surface area contributed by atoms with E-state index in [0.717, 1.165) is 25.2 Å². The second kappa shape index (κ2) is 3.92. The molecular weight excluding hydrogens is 202 g/mol. The first-order chi connectivity index (χ1) is 7.49. The lowest BCUT2D eigenvalue weighted by Crippen LogP contribution is -2.43. The molecule has 4 nitrogen and oxygen atoms in total. The second-order valence-electron chi connectivity index (χ2n) is 5.40. The SMILES string of the molecule is Cc1[nH]ncc1C(=O)N1CCCC(C)(C)C1. The van der Waals surface area contributed by atoms with Crippen LogP contribution in [0.15, 0.2) is 6.20 Å². The van der Waals surface area contributed by atoms with Gasteiger partial charge in [-0.2, -0.15) is 5.10 Å². The highest BCUT2D eigenvalue weighted by Gasteiger charge is 2.30. The van der Waals surface area contributed by atoms with Gasteiger partial charge in [0.05, 0.1) is 11.8 Å². The Hall–Kier alpha value is -1.32. The summed E-state index contributed by atoms with van der Waals surface area (Å²) < 4.78 is 0. The molecule has 1 aromatic rings. The largest absolute Gasteiger partial charge is 0.338 e. The number of H-pyrrole nitrogens is 1. The molecule has 2 rings (SSSR count). The molecule has 0 radical (unpaired) electrons. The van der Waals surface area contributed by atoms with E-state index in [1.54, 1.807) is 6.20 Å². The Morgan fingerprint density at radius 1 is 1.56 bits per heavy atom. The highest BCUT2D eigenvalue weighted by molar-refractivity contribution is 5.95. The highest BCUT2D eigenvalue weighted by Crippen LogP contribution is 2.29. The summed E-state index contributed by atoms with van der Waals surface area (Å²) >= 11 is 0. The average Bonchev–Trinajstić information content (AvgIpc) is 2.62. The summed E-state index contributed by atoms with van der Waals surface area (Å²) in [6.07, 6.45) is 3.91. The number of rotatable bonds is 1. The summed E-state index contributed by atoms with van der Waals surface area (Å²) in [4.78, 5) is 14.2. The quantitative estimate of drug-likeness (QED) is 0.788. The molecule has 0 aliphatic carbocycles. The fourth-order valence-corrected chi connectivity index (χ4v) is 2.33. The van der Waals surface area contributed by atoms with Gasteiger partial charge in [-0.15, -0.1) is 0 Å². The molecule has 0 saturated carbocycles. The minimum Gasteiger partial charge on any atom is -0.338 e. The number of aromatic nitrogens is 2. The summed E-state index contributed by atoms with van der Waals surface area (Å²) in [5.74, 6) is 0.110. The summed E-state index contributed by atoms with van der Waals surface area (Å²) in [5.41, 5.74) is 1.80. The van der Waals surface area contributed by atoms with Crippen LogP contribution in [-0.4, -0.2) is 34.1 Å². The molecule has 0 aromatic carbocycles. The van der Waals surface area contributed by atoms with E-state index in [-0.39, 0.29) is 11.3 Å². The molecule has 16 heavy (non-hydrogen) atoms. The van der Waals surface area contributed by atoms with E-state index in [2.05, 4.69) is 24.0 Å². The van der Waals surface area contributed by atoms with E-state index in [1.165, 1.54) is 6.42 Å². The third-order valence-electron chi connectivity index (χ3n) is 3.25. The van der Waals surface area contributed by atoms with E-state index >= 15 is 0 Å². The maximum atomic E-state index is 12.2.